The highest BCUT2D eigenvalue weighted by atomic mass is 16.2. The van der Waals surface area contributed by atoms with Crippen molar-refractivity contribution in [1.29, 1.82) is 0 Å². The summed E-state index contributed by atoms with van der Waals surface area (Å²) in [6.07, 6.45) is 1.31. The normalized spacial score (nSPS) is 19.8. The van der Waals surface area contributed by atoms with Gasteiger partial charge in [0, 0.05) is 36.8 Å². The minimum atomic E-state index is -0.0757. The van der Waals surface area contributed by atoms with E-state index in [1.165, 1.54) is 0 Å². The maximum absolute atomic E-state index is 12.8. The summed E-state index contributed by atoms with van der Waals surface area (Å²) >= 11 is 0. The number of amides is 2. The average Bonchev–Trinajstić information content (AvgIpc) is 2.50. The average molecular weight is 345 g/mol. The zero-order chi connectivity index (χ0) is 18.8. The summed E-state index contributed by atoms with van der Waals surface area (Å²) in [5.41, 5.74) is 8.41. The van der Waals surface area contributed by atoms with Crippen LogP contribution in [0.3, 0.4) is 0 Å². The van der Waals surface area contributed by atoms with Crippen LogP contribution in [0.15, 0.2) is 18.2 Å². The highest BCUT2D eigenvalue weighted by Gasteiger charge is 2.35. The highest BCUT2D eigenvalue weighted by Crippen LogP contribution is 2.29. The van der Waals surface area contributed by atoms with Gasteiger partial charge in [-0.1, -0.05) is 27.7 Å². The number of carbonyl (C=O) groups excluding carboxylic acids is 2. The van der Waals surface area contributed by atoms with Crippen molar-refractivity contribution in [2.75, 3.05) is 18.4 Å². The van der Waals surface area contributed by atoms with E-state index in [9.17, 15) is 9.59 Å². The maximum atomic E-state index is 12.8. The summed E-state index contributed by atoms with van der Waals surface area (Å²) in [7, 11) is 0. The monoisotopic (exact) mass is 345 g/mol. The lowest BCUT2D eigenvalue weighted by Gasteiger charge is -2.42. The number of nitrogens with zero attached hydrogens (tertiary/aromatic N) is 1. The predicted molar refractivity (Wildman–Crippen MR) is 102 cm³/mol. The number of hydrogen-bond donors (Lipinski definition) is 2. The van der Waals surface area contributed by atoms with E-state index in [1.54, 1.807) is 6.07 Å². The number of benzene rings is 1. The van der Waals surface area contributed by atoms with Crippen LogP contribution in [-0.2, 0) is 4.79 Å². The second kappa shape index (κ2) is 7.56. The van der Waals surface area contributed by atoms with Gasteiger partial charge in [-0.05, 0) is 48.4 Å². The Morgan fingerprint density at radius 1 is 1.36 bits per heavy atom. The van der Waals surface area contributed by atoms with Crippen LogP contribution in [-0.4, -0.2) is 35.8 Å². The van der Waals surface area contributed by atoms with E-state index in [0.29, 0.717) is 31.0 Å². The Bertz CT molecular complexity index is 652. The van der Waals surface area contributed by atoms with Crippen molar-refractivity contribution >= 4 is 17.5 Å². The first kappa shape index (κ1) is 19.4. The lowest BCUT2D eigenvalue weighted by molar-refractivity contribution is -0.116. The molecule has 1 aromatic carbocycles. The second-order valence-electron chi connectivity index (χ2n) is 8.29. The minimum absolute atomic E-state index is 0.00365. The fraction of sp³-hybridized carbons (Fsp3) is 0.600. The smallest absolute Gasteiger partial charge is 0.253 e. The van der Waals surface area contributed by atoms with Crippen LogP contribution in [0.1, 0.15) is 56.5 Å². The number of rotatable bonds is 4. The zero-order valence-electron chi connectivity index (χ0n) is 16.1. The number of carbonyl (C=O) groups is 2. The first-order chi connectivity index (χ1) is 11.6. The summed E-state index contributed by atoms with van der Waals surface area (Å²) < 4.78 is 0. The fourth-order valence-corrected chi connectivity index (χ4v) is 3.24. The molecule has 2 rings (SSSR count). The van der Waals surface area contributed by atoms with Crippen LogP contribution in [0.2, 0.25) is 0 Å². The van der Waals surface area contributed by atoms with Gasteiger partial charge in [0.25, 0.3) is 5.91 Å². The van der Waals surface area contributed by atoms with Crippen molar-refractivity contribution < 1.29 is 9.59 Å². The van der Waals surface area contributed by atoms with Crippen LogP contribution in [0.4, 0.5) is 5.69 Å². The number of piperidine rings is 1. The van der Waals surface area contributed by atoms with Gasteiger partial charge in [0.05, 0.1) is 0 Å². The van der Waals surface area contributed by atoms with Crippen molar-refractivity contribution in [3.8, 4) is 0 Å². The highest BCUT2D eigenvalue weighted by molar-refractivity contribution is 5.96. The number of hydrogen-bond acceptors (Lipinski definition) is 3. The molecule has 0 spiro atoms. The Hall–Kier alpha value is -1.88. The summed E-state index contributed by atoms with van der Waals surface area (Å²) in [6.45, 7) is 11.5. The Kier molecular flexibility index (Phi) is 5.88. The Morgan fingerprint density at radius 2 is 2.04 bits per heavy atom. The van der Waals surface area contributed by atoms with Gasteiger partial charge in [0.15, 0.2) is 0 Å². The third kappa shape index (κ3) is 4.82. The van der Waals surface area contributed by atoms with Gasteiger partial charge < -0.3 is 16.0 Å². The lowest BCUT2D eigenvalue weighted by atomic mass is 9.79. The van der Waals surface area contributed by atoms with Gasteiger partial charge in [-0.25, -0.2) is 0 Å². The second-order valence-corrected chi connectivity index (χ2v) is 8.29. The SMILES string of the molecule is Cc1cc(C(=O)N2CCC(N)C(C)(C)C2)ccc1NC(=O)CC(C)C. The maximum Gasteiger partial charge on any atom is 0.253 e. The van der Waals surface area contributed by atoms with Crippen LogP contribution in [0.5, 0.6) is 0 Å². The summed E-state index contributed by atoms with van der Waals surface area (Å²) in [4.78, 5) is 26.7. The van der Waals surface area contributed by atoms with Gasteiger partial charge in [-0.3, -0.25) is 9.59 Å². The van der Waals surface area contributed by atoms with Gasteiger partial charge in [0.1, 0.15) is 0 Å². The number of nitrogens with two attached hydrogens (primary N) is 1. The van der Waals surface area contributed by atoms with Gasteiger partial charge in [0.2, 0.25) is 5.91 Å². The van der Waals surface area contributed by atoms with E-state index < -0.39 is 0 Å². The largest absolute Gasteiger partial charge is 0.338 e. The molecule has 1 heterocycles. The van der Waals surface area contributed by atoms with Crippen molar-refractivity contribution in [1.82, 2.24) is 4.90 Å². The number of aryl methyl sites for hydroxylation is 1. The van der Waals surface area contributed by atoms with Crippen molar-refractivity contribution in [3.63, 3.8) is 0 Å². The summed E-state index contributed by atoms with van der Waals surface area (Å²) in [5, 5.41) is 2.93. The van der Waals surface area contributed by atoms with Crippen LogP contribution >= 0.6 is 0 Å². The first-order valence-corrected chi connectivity index (χ1v) is 9.05. The van der Waals surface area contributed by atoms with Crippen LogP contribution in [0, 0.1) is 18.3 Å². The van der Waals surface area contributed by atoms with Crippen molar-refractivity contribution in [2.45, 2.75) is 53.5 Å². The molecular formula is C20H31N3O2. The first-order valence-electron chi connectivity index (χ1n) is 9.05. The molecule has 5 nitrogen and oxygen atoms in total. The minimum Gasteiger partial charge on any atom is -0.338 e. The molecule has 2 amide bonds. The topological polar surface area (TPSA) is 75.4 Å². The molecule has 138 valence electrons. The molecule has 1 aromatic rings. The molecule has 0 aromatic heterocycles. The van der Waals surface area contributed by atoms with Crippen LogP contribution in [0.25, 0.3) is 0 Å². The third-order valence-corrected chi connectivity index (χ3v) is 4.94. The van der Waals surface area contributed by atoms with Gasteiger partial charge in [-0.2, -0.15) is 0 Å². The number of anilines is 1. The molecule has 0 aliphatic carbocycles. The number of nitrogens with one attached hydrogen (secondary N) is 1. The van der Waals surface area contributed by atoms with E-state index in [0.717, 1.165) is 17.7 Å². The molecule has 25 heavy (non-hydrogen) atoms. The fourth-order valence-electron chi connectivity index (χ4n) is 3.24. The molecule has 1 unspecified atom stereocenters. The number of likely N-dealkylation sites (tertiary alicyclic amines) is 1. The Labute approximate surface area is 151 Å². The predicted octanol–water partition coefficient (Wildman–Crippen LogP) is 3.18. The zero-order valence-corrected chi connectivity index (χ0v) is 16.1. The molecule has 1 aliphatic heterocycles. The lowest BCUT2D eigenvalue weighted by Crippen LogP contribution is -2.54. The van der Waals surface area contributed by atoms with Crippen molar-refractivity contribution in [2.24, 2.45) is 17.1 Å². The van der Waals surface area contributed by atoms with E-state index in [2.05, 4.69) is 19.2 Å². The van der Waals surface area contributed by atoms with E-state index >= 15 is 0 Å². The molecule has 0 bridgehead atoms. The molecule has 1 saturated heterocycles. The standard InChI is InChI=1S/C20H31N3O2/c1-13(2)10-18(24)22-16-7-6-15(11-14(16)3)19(25)23-9-8-17(21)20(4,5)12-23/h6-7,11,13,17H,8-10,12,21H2,1-5H3,(H,22,24). The molecule has 1 fully saturated rings. The van der Waals surface area contributed by atoms with E-state index in [-0.39, 0.29) is 23.3 Å². The molecular weight excluding hydrogens is 314 g/mol. The third-order valence-electron chi connectivity index (χ3n) is 4.94. The van der Waals surface area contributed by atoms with E-state index in [4.69, 9.17) is 5.73 Å². The van der Waals surface area contributed by atoms with Gasteiger partial charge >= 0.3 is 0 Å². The quantitative estimate of drug-likeness (QED) is 0.880. The summed E-state index contributed by atoms with van der Waals surface area (Å²) in [5.74, 6) is 0.349. The molecule has 1 aliphatic rings. The van der Waals surface area contributed by atoms with Crippen LogP contribution < -0.4 is 11.1 Å². The molecule has 0 radical (unpaired) electrons. The Morgan fingerprint density at radius 3 is 2.60 bits per heavy atom. The summed E-state index contributed by atoms with van der Waals surface area (Å²) in [6, 6.07) is 5.59. The Balaban J connectivity index is 2.09. The molecule has 0 saturated carbocycles. The van der Waals surface area contributed by atoms with Crippen molar-refractivity contribution in [3.05, 3.63) is 29.3 Å². The molecule has 1 atom stereocenters. The van der Waals surface area contributed by atoms with Gasteiger partial charge in [-0.15, -0.1) is 0 Å². The molecule has 5 heteroatoms. The molecule has 3 N–H and O–H groups in total. The van der Waals surface area contributed by atoms with E-state index in [1.807, 2.05) is 37.8 Å².